The summed E-state index contributed by atoms with van der Waals surface area (Å²) < 4.78 is 0. The Morgan fingerprint density at radius 1 is 1.21 bits per heavy atom. The monoisotopic (exact) mass is 198 g/mol. The van der Waals surface area contributed by atoms with Crippen molar-refractivity contribution in [3.05, 3.63) is 0 Å². The van der Waals surface area contributed by atoms with E-state index in [1.807, 2.05) is 0 Å². The molecular formula is C12H22O2. The second-order valence-electron chi connectivity index (χ2n) is 5.13. The first-order valence-corrected chi connectivity index (χ1v) is 5.72. The highest BCUT2D eigenvalue weighted by atomic mass is 16.4. The van der Waals surface area contributed by atoms with Gasteiger partial charge in [0.1, 0.15) is 0 Å². The van der Waals surface area contributed by atoms with E-state index >= 15 is 0 Å². The number of carbonyl (C=O) groups is 1. The smallest absolute Gasteiger partial charge is 0.303 e. The molecule has 1 rings (SSSR count). The quantitative estimate of drug-likeness (QED) is 0.756. The summed E-state index contributed by atoms with van der Waals surface area (Å²) in [7, 11) is 0. The minimum atomic E-state index is -0.650. The number of carboxylic acids is 1. The van der Waals surface area contributed by atoms with Gasteiger partial charge in [0, 0.05) is 6.42 Å². The van der Waals surface area contributed by atoms with Crippen LogP contribution >= 0.6 is 0 Å². The second-order valence-corrected chi connectivity index (χ2v) is 5.13. The second kappa shape index (κ2) is 4.81. The molecule has 82 valence electrons. The van der Waals surface area contributed by atoms with E-state index in [-0.39, 0.29) is 0 Å². The third-order valence-electron chi connectivity index (χ3n) is 3.70. The van der Waals surface area contributed by atoms with Crippen LogP contribution in [0.2, 0.25) is 0 Å². The van der Waals surface area contributed by atoms with Crippen LogP contribution in [0.25, 0.3) is 0 Å². The molecule has 1 aliphatic carbocycles. The van der Waals surface area contributed by atoms with Gasteiger partial charge in [0.05, 0.1) is 0 Å². The minimum absolute atomic E-state index is 0.341. The molecule has 14 heavy (non-hydrogen) atoms. The molecule has 2 unspecified atom stereocenters. The Morgan fingerprint density at radius 2 is 1.71 bits per heavy atom. The summed E-state index contributed by atoms with van der Waals surface area (Å²) in [4.78, 5) is 10.5. The Bertz CT molecular complexity index is 188. The van der Waals surface area contributed by atoms with Crippen LogP contribution in [0.15, 0.2) is 0 Å². The highest BCUT2D eigenvalue weighted by Gasteiger charge is 2.31. The third kappa shape index (κ3) is 3.00. The number of hydrogen-bond donors (Lipinski definition) is 1. The van der Waals surface area contributed by atoms with Gasteiger partial charge in [0.15, 0.2) is 0 Å². The topological polar surface area (TPSA) is 37.3 Å². The zero-order valence-corrected chi connectivity index (χ0v) is 9.49. The van der Waals surface area contributed by atoms with Gasteiger partial charge >= 0.3 is 5.97 Å². The van der Waals surface area contributed by atoms with Gasteiger partial charge in [0.25, 0.3) is 0 Å². The lowest BCUT2D eigenvalue weighted by atomic mass is 9.68. The lowest BCUT2D eigenvalue weighted by Gasteiger charge is -2.37. The van der Waals surface area contributed by atoms with Crippen LogP contribution in [0, 0.1) is 23.7 Å². The summed E-state index contributed by atoms with van der Waals surface area (Å²) in [5, 5.41) is 8.67. The van der Waals surface area contributed by atoms with Crippen LogP contribution in [0.4, 0.5) is 0 Å². The fourth-order valence-corrected chi connectivity index (χ4v) is 3.14. The first kappa shape index (κ1) is 11.5. The maximum Gasteiger partial charge on any atom is 0.303 e. The molecule has 0 amide bonds. The van der Waals surface area contributed by atoms with E-state index in [0.717, 1.165) is 12.3 Å². The van der Waals surface area contributed by atoms with E-state index in [2.05, 4.69) is 20.8 Å². The van der Waals surface area contributed by atoms with Crippen molar-refractivity contribution in [2.75, 3.05) is 0 Å². The maximum atomic E-state index is 10.5. The molecule has 0 aromatic heterocycles. The first-order valence-electron chi connectivity index (χ1n) is 5.72. The third-order valence-corrected chi connectivity index (χ3v) is 3.70. The molecule has 2 nitrogen and oxygen atoms in total. The molecule has 0 spiro atoms. The predicted octanol–water partition coefficient (Wildman–Crippen LogP) is 3.17. The van der Waals surface area contributed by atoms with Crippen molar-refractivity contribution in [1.82, 2.24) is 0 Å². The van der Waals surface area contributed by atoms with E-state index in [1.54, 1.807) is 0 Å². The fraction of sp³-hybridized carbons (Fsp3) is 0.917. The first-order chi connectivity index (χ1) is 6.50. The number of aliphatic carboxylic acids is 1. The van der Waals surface area contributed by atoms with E-state index in [0.29, 0.717) is 24.2 Å². The minimum Gasteiger partial charge on any atom is -0.481 e. The molecule has 1 N–H and O–H groups in total. The Morgan fingerprint density at radius 3 is 2.14 bits per heavy atom. The highest BCUT2D eigenvalue weighted by Crippen LogP contribution is 2.39. The van der Waals surface area contributed by atoms with Crippen LogP contribution in [0.1, 0.15) is 46.5 Å². The normalized spacial score (nSPS) is 38.2. The molecule has 1 saturated carbocycles. The Balaban J connectivity index is 2.45. The van der Waals surface area contributed by atoms with Crippen LogP contribution in [0.3, 0.4) is 0 Å². The van der Waals surface area contributed by atoms with E-state index in [1.165, 1.54) is 12.8 Å². The van der Waals surface area contributed by atoms with Crippen molar-refractivity contribution in [3.63, 3.8) is 0 Å². The molecule has 2 heteroatoms. The molecule has 1 fully saturated rings. The largest absolute Gasteiger partial charge is 0.481 e. The number of rotatable bonds is 3. The molecule has 0 aromatic carbocycles. The molecular weight excluding hydrogens is 176 g/mol. The van der Waals surface area contributed by atoms with Crippen LogP contribution in [-0.2, 0) is 4.79 Å². The fourth-order valence-electron chi connectivity index (χ4n) is 3.14. The molecule has 0 saturated heterocycles. The molecule has 0 radical (unpaired) electrons. The van der Waals surface area contributed by atoms with Gasteiger partial charge < -0.3 is 5.11 Å². The maximum absolute atomic E-state index is 10.5. The zero-order valence-electron chi connectivity index (χ0n) is 9.49. The standard InChI is InChI=1S/C12H22O2/c1-8-6-9(2)11(10(3)7-8)4-5-12(13)14/h8-11H,4-7H2,1-3H3,(H,13,14). The predicted molar refractivity (Wildman–Crippen MR) is 57.1 cm³/mol. The Hall–Kier alpha value is -0.530. The average Bonchev–Trinajstić information content (AvgIpc) is 2.01. The number of carboxylic acid groups (broad SMARTS) is 1. The molecule has 1 aliphatic rings. The lowest BCUT2D eigenvalue weighted by Crippen LogP contribution is -2.29. The summed E-state index contributed by atoms with van der Waals surface area (Å²) in [5.74, 6) is 2.20. The van der Waals surface area contributed by atoms with Gasteiger partial charge in [-0.25, -0.2) is 0 Å². The summed E-state index contributed by atoms with van der Waals surface area (Å²) >= 11 is 0. The SMILES string of the molecule is CC1CC(C)C(CCC(=O)O)C(C)C1. The Labute approximate surface area is 86.7 Å². The average molecular weight is 198 g/mol. The van der Waals surface area contributed by atoms with Crippen molar-refractivity contribution in [2.24, 2.45) is 23.7 Å². The summed E-state index contributed by atoms with van der Waals surface area (Å²) in [6.07, 6.45) is 3.75. The lowest BCUT2D eigenvalue weighted by molar-refractivity contribution is -0.137. The molecule has 2 atom stereocenters. The van der Waals surface area contributed by atoms with Crippen molar-refractivity contribution in [2.45, 2.75) is 46.5 Å². The van der Waals surface area contributed by atoms with E-state index in [4.69, 9.17) is 5.11 Å². The summed E-state index contributed by atoms with van der Waals surface area (Å²) in [6, 6.07) is 0. The summed E-state index contributed by atoms with van der Waals surface area (Å²) in [5.41, 5.74) is 0. The van der Waals surface area contributed by atoms with Gasteiger partial charge in [-0.3, -0.25) is 4.79 Å². The highest BCUT2D eigenvalue weighted by molar-refractivity contribution is 5.66. The molecule has 0 aromatic rings. The molecule has 0 bridgehead atoms. The van der Waals surface area contributed by atoms with Crippen LogP contribution < -0.4 is 0 Å². The molecule has 0 aliphatic heterocycles. The van der Waals surface area contributed by atoms with Crippen molar-refractivity contribution in [1.29, 1.82) is 0 Å². The van der Waals surface area contributed by atoms with Gasteiger partial charge in [-0.05, 0) is 42.9 Å². The van der Waals surface area contributed by atoms with Crippen LogP contribution in [-0.4, -0.2) is 11.1 Å². The van der Waals surface area contributed by atoms with Gasteiger partial charge in [-0.1, -0.05) is 20.8 Å². The Kier molecular flexibility index (Phi) is 3.97. The van der Waals surface area contributed by atoms with Gasteiger partial charge in [-0.2, -0.15) is 0 Å². The van der Waals surface area contributed by atoms with Crippen molar-refractivity contribution in [3.8, 4) is 0 Å². The summed E-state index contributed by atoms with van der Waals surface area (Å²) in [6.45, 7) is 6.86. The van der Waals surface area contributed by atoms with E-state index < -0.39 is 5.97 Å². The molecule has 0 heterocycles. The number of hydrogen-bond acceptors (Lipinski definition) is 1. The van der Waals surface area contributed by atoms with Crippen molar-refractivity contribution >= 4 is 5.97 Å². The zero-order chi connectivity index (χ0) is 10.7. The van der Waals surface area contributed by atoms with Crippen molar-refractivity contribution < 1.29 is 9.90 Å². The van der Waals surface area contributed by atoms with Gasteiger partial charge in [-0.15, -0.1) is 0 Å². The van der Waals surface area contributed by atoms with Crippen LogP contribution in [0.5, 0.6) is 0 Å². The van der Waals surface area contributed by atoms with E-state index in [9.17, 15) is 4.79 Å². The van der Waals surface area contributed by atoms with Gasteiger partial charge in [0.2, 0.25) is 0 Å².